The maximum atomic E-state index is 13.5. The second kappa shape index (κ2) is 4.18. The number of rotatable bonds is 2. The summed E-state index contributed by atoms with van der Waals surface area (Å²) < 4.78 is 18.1. The number of carbonyl (C=O) groups is 1. The molecule has 0 radical (unpaired) electrons. The lowest BCUT2D eigenvalue weighted by Gasteiger charge is -2.05. The molecule has 0 aliphatic carbocycles. The van der Waals surface area contributed by atoms with E-state index >= 15 is 0 Å². The Morgan fingerprint density at radius 3 is 2.82 bits per heavy atom. The van der Waals surface area contributed by atoms with Crippen molar-refractivity contribution in [1.29, 1.82) is 0 Å². The van der Waals surface area contributed by atoms with Crippen LogP contribution in [0.5, 0.6) is 0 Å². The summed E-state index contributed by atoms with van der Waals surface area (Å²) in [4.78, 5) is 14.0. The fourth-order valence-corrected chi connectivity index (χ4v) is 1.79. The van der Waals surface area contributed by atoms with Gasteiger partial charge in [-0.2, -0.15) is 0 Å². The van der Waals surface area contributed by atoms with Crippen molar-refractivity contribution in [2.24, 2.45) is 0 Å². The zero-order valence-corrected chi connectivity index (χ0v) is 9.45. The van der Waals surface area contributed by atoms with Gasteiger partial charge in [0.15, 0.2) is 0 Å². The van der Waals surface area contributed by atoms with Crippen LogP contribution < -0.4 is 0 Å². The van der Waals surface area contributed by atoms with Crippen molar-refractivity contribution in [3.63, 3.8) is 0 Å². The van der Waals surface area contributed by atoms with E-state index in [4.69, 9.17) is 0 Å². The Labute approximate surface area is 97.0 Å². The summed E-state index contributed by atoms with van der Waals surface area (Å²) in [5.41, 5.74) is 0.922. The molecule has 4 nitrogen and oxygen atoms in total. The van der Waals surface area contributed by atoms with Gasteiger partial charge in [0, 0.05) is 5.39 Å². The van der Waals surface area contributed by atoms with Crippen molar-refractivity contribution in [3.05, 3.63) is 35.3 Å². The third kappa shape index (κ3) is 1.89. The molecule has 90 valence electrons. The monoisotopic (exact) mass is 237 g/mol. The van der Waals surface area contributed by atoms with Gasteiger partial charge in [0.2, 0.25) is 0 Å². The lowest BCUT2D eigenvalue weighted by atomic mass is 10.1. The highest BCUT2D eigenvalue weighted by Crippen LogP contribution is 2.27. The molecule has 1 atom stereocenters. The molecule has 1 aromatic heterocycles. The number of aliphatic hydroxyl groups excluding tert-OH is 1. The van der Waals surface area contributed by atoms with Crippen LogP contribution >= 0.6 is 0 Å². The highest BCUT2D eigenvalue weighted by Gasteiger charge is 2.16. The van der Waals surface area contributed by atoms with Crippen LogP contribution in [0.1, 0.15) is 29.1 Å². The normalized spacial score (nSPS) is 12.7. The zero-order valence-electron chi connectivity index (χ0n) is 9.45. The number of nitrogens with one attached hydrogen (secondary N) is 1. The summed E-state index contributed by atoms with van der Waals surface area (Å²) in [7, 11) is 1.25. The van der Waals surface area contributed by atoms with Crippen LogP contribution in [0.4, 0.5) is 4.39 Å². The Hall–Kier alpha value is -1.88. The molecule has 5 heteroatoms. The first-order valence-electron chi connectivity index (χ1n) is 5.12. The van der Waals surface area contributed by atoms with Gasteiger partial charge in [0.05, 0.1) is 18.7 Å². The Morgan fingerprint density at radius 1 is 1.53 bits per heavy atom. The van der Waals surface area contributed by atoms with Crippen molar-refractivity contribution in [2.75, 3.05) is 7.11 Å². The number of ether oxygens (including phenoxy) is 1. The first-order chi connectivity index (χ1) is 8.04. The molecule has 1 unspecified atom stereocenters. The van der Waals surface area contributed by atoms with E-state index in [1.165, 1.54) is 25.3 Å². The van der Waals surface area contributed by atoms with Crippen molar-refractivity contribution in [1.82, 2.24) is 4.98 Å². The quantitative estimate of drug-likeness (QED) is 0.786. The van der Waals surface area contributed by atoms with E-state index in [0.717, 1.165) is 0 Å². The largest absolute Gasteiger partial charge is 0.464 e. The number of hydrogen-bond donors (Lipinski definition) is 2. The molecular weight excluding hydrogens is 225 g/mol. The van der Waals surface area contributed by atoms with E-state index in [1.54, 1.807) is 6.92 Å². The van der Waals surface area contributed by atoms with E-state index in [0.29, 0.717) is 10.9 Å². The number of carbonyl (C=O) groups excluding carboxylic acids is 1. The first-order valence-corrected chi connectivity index (χ1v) is 5.12. The Balaban J connectivity index is 2.69. The van der Waals surface area contributed by atoms with Crippen LogP contribution in [0.3, 0.4) is 0 Å². The average Bonchev–Trinajstić information content (AvgIpc) is 2.73. The molecule has 0 aliphatic heterocycles. The highest BCUT2D eigenvalue weighted by atomic mass is 19.1. The van der Waals surface area contributed by atoms with E-state index in [1.807, 2.05) is 0 Å². The third-order valence-corrected chi connectivity index (χ3v) is 2.63. The number of H-pyrrole nitrogens is 1. The number of aliphatic hydroxyl groups is 1. The topological polar surface area (TPSA) is 62.3 Å². The van der Waals surface area contributed by atoms with Gasteiger partial charge in [-0.1, -0.05) is 6.07 Å². The summed E-state index contributed by atoms with van der Waals surface area (Å²) in [5, 5.41) is 10.1. The molecule has 17 heavy (non-hydrogen) atoms. The van der Waals surface area contributed by atoms with Gasteiger partial charge in [0.25, 0.3) is 0 Å². The summed E-state index contributed by atoms with van der Waals surface area (Å²) >= 11 is 0. The smallest absolute Gasteiger partial charge is 0.354 e. The number of hydrogen-bond acceptors (Lipinski definition) is 3. The number of aromatic amines is 1. The number of benzene rings is 1. The summed E-state index contributed by atoms with van der Waals surface area (Å²) in [6.07, 6.45) is -0.737. The van der Waals surface area contributed by atoms with Crippen molar-refractivity contribution in [3.8, 4) is 0 Å². The van der Waals surface area contributed by atoms with Gasteiger partial charge in [-0.05, 0) is 24.6 Å². The Bertz CT molecular complexity index is 574. The zero-order chi connectivity index (χ0) is 12.6. The maximum absolute atomic E-state index is 13.5. The minimum atomic E-state index is -0.737. The summed E-state index contributed by atoms with van der Waals surface area (Å²) in [6.45, 7) is 1.58. The molecule has 2 rings (SSSR count). The SMILES string of the molecule is COC(=O)c1cc2c(C(C)O)ccc(F)c2[nH]1. The van der Waals surface area contributed by atoms with Crippen LogP contribution in [0.2, 0.25) is 0 Å². The first kappa shape index (κ1) is 11.6. The Morgan fingerprint density at radius 2 is 2.24 bits per heavy atom. The van der Waals surface area contributed by atoms with Crippen LogP contribution in [-0.4, -0.2) is 23.2 Å². The second-order valence-corrected chi connectivity index (χ2v) is 3.78. The standard InChI is InChI=1S/C12H12FNO3/c1-6(15)7-3-4-9(13)11-8(7)5-10(14-11)12(16)17-2/h3-6,14-15H,1-2H3. The van der Waals surface area contributed by atoms with E-state index in [2.05, 4.69) is 9.72 Å². The molecule has 2 N–H and O–H groups in total. The van der Waals surface area contributed by atoms with Gasteiger partial charge < -0.3 is 14.8 Å². The van der Waals surface area contributed by atoms with Gasteiger partial charge in [-0.3, -0.25) is 0 Å². The lowest BCUT2D eigenvalue weighted by Crippen LogP contribution is -2.00. The lowest BCUT2D eigenvalue weighted by molar-refractivity contribution is 0.0595. The van der Waals surface area contributed by atoms with Crippen molar-refractivity contribution >= 4 is 16.9 Å². The summed E-state index contributed by atoms with van der Waals surface area (Å²) in [5.74, 6) is -1.04. The third-order valence-electron chi connectivity index (χ3n) is 2.63. The van der Waals surface area contributed by atoms with Gasteiger partial charge >= 0.3 is 5.97 Å². The average molecular weight is 237 g/mol. The number of aromatic nitrogens is 1. The predicted molar refractivity (Wildman–Crippen MR) is 60.2 cm³/mol. The molecule has 0 amide bonds. The fraction of sp³-hybridized carbons (Fsp3) is 0.250. The van der Waals surface area contributed by atoms with Gasteiger partial charge in [-0.25, -0.2) is 9.18 Å². The number of esters is 1. The predicted octanol–water partition coefficient (Wildman–Crippen LogP) is 2.15. The molecular formula is C12H12FNO3. The molecule has 0 saturated carbocycles. The Kier molecular flexibility index (Phi) is 2.85. The van der Waals surface area contributed by atoms with E-state index in [-0.39, 0.29) is 11.2 Å². The van der Waals surface area contributed by atoms with Crippen LogP contribution in [0.15, 0.2) is 18.2 Å². The van der Waals surface area contributed by atoms with Gasteiger partial charge in [-0.15, -0.1) is 0 Å². The molecule has 0 spiro atoms. The molecule has 0 bridgehead atoms. The molecule has 0 fully saturated rings. The fourth-order valence-electron chi connectivity index (χ4n) is 1.79. The molecule has 1 aromatic carbocycles. The number of methoxy groups -OCH3 is 1. The minimum absolute atomic E-state index is 0.162. The van der Waals surface area contributed by atoms with E-state index in [9.17, 15) is 14.3 Å². The van der Waals surface area contributed by atoms with Crippen LogP contribution in [0.25, 0.3) is 10.9 Å². The van der Waals surface area contributed by atoms with Crippen LogP contribution in [-0.2, 0) is 4.74 Å². The molecule has 0 saturated heterocycles. The van der Waals surface area contributed by atoms with Crippen LogP contribution in [0, 0.1) is 5.82 Å². The van der Waals surface area contributed by atoms with Crippen molar-refractivity contribution < 1.29 is 19.0 Å². The molecule has 0 aliphatic rings. The number of halogens is 1. The van der Waals surface area contributed by atoms with E-state index < -0.39 is 17.9 Å². The van der Waals surface area contributed by atoms with Crippen molar-refractivity contribution in [2.45, 2.75) is 13.0 Å². The summed E-state index contributed by atoms with van der Waals surface area (Å²) in [6, 6.07) is 4.23. The maximum Gasteiger partial charge on any atom is 0.354 e. The van der Waals surface area contributed by atoms with Gasteiger partial charge in [0.1, 0.15) is 11.5 Å². The second-order valence-electron chi connectivity index (χ2n) is 3.78. The molecule has 1 heterocycles. The number of fused-ring (bicyclic) bond motifs is 1. The molecule has 2 aromatic rings. The highest BCUT2D eigenvalue weighted by molar-refractivity contribution is 5.96. The minimum Gasteiger partial charge on any atom is -0.464 e.